The Kier molecular flexibility index (Phi) is 3.13. The van der Waals surface area contributed by atoms with Crippen molar-refractivity contribution in [2.75, 3.05) is 0 Å². The number of aliphatic hydroxyl groups excluding tert-OH is 2. The maximum absolute atomic E-state index is 12.9. The lowest BCUT2D eigenvalue weighted by Gasteiger charge is -2.25. The van der Waals surface area contributed by atoms with E-state index in [1.165, 1.54) is 4.57 Å². The molecule has 8 heteroatoms. The molecule has 0 amide bonds. The van der Waals surface area contributed by atoms with Crippen LogP contribution in [0.4, 0.5) is 0 Å². The molecular formula is C18H13N2O5P. The summed E-state index contributed by atoms with van der Waals surface area (Å²) in [5.41, 5.74) is 2.27. The monoisotopic (exact) mass is 368 g/mol. The highest BCUT2D eigenvalue weighted by Crippen LogP contribution is 2.37. The molecule has 1 aromatic carbocycles. The standard InChI is InChI=1S/C18H13N2O5P/c21-15-9-5-11-14-7(4-8-10(19-14)2-1-3-12(8)26)6-20(11)16(22)13(9)17(23)25-18(15)24/h1-5,15,17,21,23H,6,26H2. The second-order valence-electron chi connectivity index (χ2n) is 6.39. The molecule has 130 valence electrons. The minimum Gasteiger partial charge on any atom is -0.429 e. The zero-order valence-corrected chi connectivity index (χ0v) is 14.5. The fourth-order valence-electron chi connectivity index (χ4n) is 3.64. The lowest BCUT2D eigenvalue weighted by molar-refractivity contribution is -0.184. The van der Waals surface area contributed by atoms with Gasteiger partial charge in [0.25, 0.3) is 5.56 Å². The number of nitrogens with zero attached hydrogens (tertiary/aromatic N) is 2. The van der Waals surface area contributed by atoms with E-state index >= 15 is 0 Å². The first-order valence-corrected chi connectivity index (χ1v) is 8.56. The molecule has 5 rings (SSSR count). The number of rotatable bonds is 0. The van der Waals surface area contributed by atoms with Crippen LogP contribution in [0.15, 0.2) is 35.1 Å². The molecular weight excluding hydrogens is 355 g/mol. The number of hydrogen-bond donors (Lipinski definition) is 2. The molecule has 2 aliphatic heterocycles. The van der Waals surface area contributed by atoms with Crippen molar-refractivity contribution in [1.82, 2.24) is 9.55 Å². The molecule has 26 heavy (non-hydrogen) atoms. The molecule has 0 fully saturated rings. The van der Waals surface area contributed by atoms with Crippen molar-refractivity contribution >= 4 is 31.4 Å². The highest BCUT2D eigenvalue weighted by Gasteiger charge is 2.38. The average Bonchev–Trinajstić information content (AvgIpc) is 2.97. The van der Waals surface area contributed by atoms with E-state index in [1.807, 2.05) is 24.3 Å². The first-order valence-electron chi connectivity index (χ1n) is 7.98. The normalized spacial score (nSPS) is 20.5. The smallest absolute Gasteiger partial charge is 0.342 e. The molecule has 0 bridgehead atoms. The van der Waals surface area contributed by atoms with Gasteiger partial charge in [-0.3, -0.25) is 4.79 Å². The number of ether oxygens (including phenoxy) is 1. The number of cyclic esters (lactones) is 1. The van der Waals surface area contributed by atoms with E-state index < -0.39 is 23.9 Å². The summed E-state index contributed by atoms with van der Waals surface area (Å²) in [4.78, 5) is 29.2. The van der Waals surface area contributed by atoms with Crippen LogP contribution in [0, 0.1) is 0 Å². The van der Waals surface area contributed by atoms with E-state index in [0.717, 1.165) is 21.8 Å². The summed E-state index contributed by atoms with van der Waals surface area (Å²) in [5.74, 6) is -0.980. The maximum atomic E-state index is 12.9. The molecule has 0 radical (unpaired) electrons. The zero-order valence-electron chi connectivity index (χ0n) is 13.3. The molecule has 2 aliphatic rings. The zero-order chi connectivity index (χ0) is 18.2. The number of benzene rings is 1. The van der Waals surface area contributed by atoms with Crippen LogP contribution in [0.25, 0.3) is 22.3 Å². The fraction of sp³-hybridized carbons (Fsp3) is 0.167. The number of hydrogen-bond acceptors (Lipinski definition) is 6. The van der Waals surface area contributed by atoms with Crippen LogP contribution < -0.4 is 10.9 Å². The van der Waals surface area contributed by atoms with Crippen LogP contribution >= 0.6 is 9.24 Å². The van der Waals surface area contributed by atoms with E-state index in [-0.39, 0.29) is 11.1 Å². The van der Waals surface area contributed by atoms with Gasteiger partial charge in [-0.25, -0.2) is 9.78 Å². The van der Waals surface area contributed by atoms with Gasteiger partial charge in [-0.2, -0.15) is 0 Å². The molecule has 7 nitrogen and oxygen atoms in total. The topological polar surface area (TPSA) is 102 Å². The van der Waals surface area contributed by atoms with Gasteiger partial charge in [0.05, 0.1) is 29.0 Å². The van der Waals surface area contributed by atoms with E-state index in [1.54, 1.807) is 6.07 Å². The molecule has 0 spiro atoms. The lowest BCUT2D eigenvalue weighted by Crippen LogP contribution is -2.35. The minimum absolute atomic E-state index is 0.0690. The molecule has 3 unspecified atom stereocenters. The first kappa shape index (κ1) is 15.6. The van der Waals surface area contributed by atoms with Crippen LogP contribution in [0.1, 0.15) is 29.1 Å². The van der Waals surface area contributed by atoms with E-state index in [0.29, 0.717) is 17.9 Å². The number of aliphatic hydroxyl groups is 2. The lowest BCUT2D eigenvalue weighted by atomic mass is 9.99. The van der Waals surface area contributed by atoms with Crippen LogP contribution in [0.3, 0.4) is 0 Å². The Morgan fingerprint density at radius 2 is 2.04 bits per heavy atom. The average molecular weight is 368 g/mol. The Labute approximate surface area is 149 Å². The Bertz CT molecular complexity index is 1190. The second-order valence-corrected chi connectivity index (χ2v) is 7.01. The van der Waals surface area contributed by atoms with Crippen molar-refractivity contribution in [2.45, 2.75) is 18.9 Å². The summed E-state index contributed by atoms with van der Waals surface area (Å²) in [5, 5.41) is 22.1. The number of fused-ring (bicyclic) bond motifs is 5. The van der Waals surface area contributed by atoms with Gasteiger partial charge in [-0.1, -0.05) is 12.1 Å². The fourth-order valence-corrected chi connectivity index (χ4v) is 3.98. The third kappa shape index (κ3) is 1.96. The Hall–Kier alpha value is -2.60. The van der Waals surface area contributed by atoms with Gasteiger partial charge in [0.1, 0.15) is 0 Å². The molecule has 2 aromatic heterocycles. The number of carbonyl (C=O) groups excluding carboxylic acids is 1. The first-order chi connectivity index (χ1) is 12.5. The van der Waals surface area contributed by atoms with Crippen molar-refractivity contribution in [1.29, 1.82) is 0 Å². The van der Waals surface area contributed by atoms with E-state index in [9.17, 15) is 19.8 Å². The van der Waals surface area contributed by atoms with Gasteiger partial charge < -0.3 is 19.5 Å². The summed E-state index contributed by atoms with van der Waals surface area (Å²) >= 11 is 0. The van der Waals surface area contributed by atoms with Gasteiger partial charge in [-0.15, -0.1) is 9.24 Å². The second kappa shape index (κ2) is 5.20. The largest absolute Gasteiger partial charge is 0.429 e. The number of pyridine rings is 2. The van der Waals surface area contributed by atoms with Crippen molar-refractivity contribution in [3.8, 4) is 11.4 Å². The SMILES string of the molecule is O=C1OC(O)c2c(cc3n(c2=O)Cc2cc4c(P)cccc4nc2-3)C1O. The maximum Gasteiger partial charge on any atom is 0.342 e. The van der Waals surface area contributed by atoms with Crippen LogP contribution in [-0.2, 0) is 16.1 Å². The van der Waals surface area contributed by atoms with Crippen LogP contribution in [0.2, 0.25) is 0 Å². The molecule has 0 saturated heterocycles. The number of esters is 1. The molecule has 3 aromatic rings. The summed E-state index contributed by atoms with van der Waals surface area (Å²) < 4.78 is 6.14. The van der Waals surface area contributed by atoms with Crippen molar-refractivity contribution in [3.63, 3.8) is 0 Å². The third-order valence-corrected chi connectivity index (χ3v) is 5.41. The van der Waals surface area contributed by atoms with Gasteiger partial charge in [0, 0.05) is 16.5 Å². The highest BCUT2D eigenvalue weighted by molar-refractivity contribution is 7.28. The van der Waals surface area contributed by atoms with Gasteiger partial charge >= 0.3 is 5.97 Å². The van der Waals surface area contributed by atoms with Crippen LogP contribution in [-0.4, -0.2) is 25.7 Å². The predicted octanol–water partition coefficient (Wildman–Crippen LogP) is 0.507. The summed E-state index contributed by atoms with van der Waals surface area (Å²) in [6.45, 7) is 0.301. The Balaban J connectivity index is 1.81. The molecule has 0 saturated carbocycles. The molecule has 4 heterocycles. The van der Waals surface area contributed by atoms with E-state index in [2.05, 4.69) is 19.0 Å². The Morgan fingerprint density at radius 3 is 2.85 bits per heavy atom. The highest BCUT2D eigenvalue weighted by atomic mass is 31.0. The van der Waals surface area contributed by atoms with Crippen molar-refractivity contribution in [2.24, 2.45) is 0 Å². The third-order valence-electron chi connectivity index (χ3n) is 4.91. The molecule has 2 N–H and O–H groups in total. The van der Waals surface area contributed by atoms with Crippen molar-refractivity contribution in [3.05, 3.63) is 57.4 Å². The number of aromatic nitrogens is 2. The molecule has 0 aliphatic carbocycles. The van der Waals surface area contributed by atoms with Gasteiger partial charge in [-0.05, 0) is 23.5 Å². The summed E-state index contributed by atoms with van der Waals surface area (Å²) in [7, 11) is 2.67. The van der Waals surface area contributed by atoms with Crippen LogP contribution in [0.5, 0.6) is 0 Å². The van der Waals surface area contributed by atoms with Crippen molar-refractivity contribution < 1.29 is 19.7 Å². The molecule has 3 atom stereocenters. The summed E-state index contributed by atoms with van der Waals surface area (Å²) in [6.07, 6.45) is -3.28. The van der Waals surface area contributed by atoms with Gasteiger partial charge in [0.15, 0.2) is 6.10 Å². The Morgan fingerprint density at radius 1 is 1.23 bits per heavy atom. The quantitative estimate of drug-likeness (QED) is 0.346. The predicted molar refractivity (Wildman–Crippen MR) is 95.9 cm³/mol. The number of carbonyl (C=O) groups is 1. The van der Waals surface area contributed by atoms with Gasteiger partial charge in [0.2, 0.25) is 6.29 Å². The van der Waals surface area contributed by atoms with E-state index in [4.69, 9.17) is 0 Å². The minimum atomic E-state index is -1.68. The summed E-state index contributed by atoms with van der Waals surface area (Å²) in [6, 6.07) is 9.28.